The zero-order chi connectivity index (χ0) is 21.8. The van der Waals surface area contributed by atoms with E-state index in [1.165, 1.54) is 35.1 Å². The fourth-order valence-corrected chi connectivity index (χ4v) is 1.31. The van der Waals surface area contributed by atoms with Crippen molar-refractivity contribution < 1.29 is 61.2 Å². The second-order valence-corrected chi connectivity index (χ2v) is 9.31. The maximum atomic E-state index is 10.7. The molecule has 0 N–H and O–H groups in total. The van der Waals surface area contributed by atoms with Gasteiger partial charge in [0.2, 0.25) is 0 Å². The largest absolute Gasteiger partial charge is 0.741 e. The van der Waals surface area contributed by atoms with Crippen LogP contribution in [0.15, 0.2) is 0 Å². The number of hydrogen-bond donors (Lipinski definition) is 0. The first-order chi connectivity index (χ1) is 10.9. The van der Waals surface area contributed by atoms with Gasteiger partial charge in [-0.15, -0.1) is 0 Å². The maximum Gasteiger partial charge on any atom is 0.485 e. The van der Waals surface area contributed by atoms with Crippen molar-refractivity contribution in [1.82, 2.24) is 0 Å². The molecule has 1 aliphatic heterocycles. The summed E-state index contributed by atoms with van der Waals surface area (Å²) in [7, 11) is -2.91. The molecule has 1 saturated heterocycles. The van der Waals surface area contributed by atoms with Gasteiger partial charge in [-0.3, -0.25) is 0 Å². The molecule has 0 aliphatic carbocycles. The molecule has 160 valence electrons. The van der Waals surface area contributed by atoms with Crippen LogP contribution >= 0.6 is 0 Å². The van der Waals surface area contributed by atoms with Gasteiger partial charge >= 0.3 is 11.0 Å². The van der Waals surface area contributed by atoms with Crippen molar-refractivity contribution in [3.05, 3.63) is 0 Å². The number of rotatable bonds is 0. The highest BCUT2D eigenvalue weighted by Crippen LogP contribution is 2.21. The molecule has 0 aromatic carbocycles. The van der Waals surface area contributed by atoms with Crippen LogP contribution in [0.4, 0.5) is 26.3 Å². The zero-order valence-corrected chi connectivity index (χ0v) is 15.9. The van der Waals surface area contributed by atoms with Crippen molar-refractivity contribution in [3.63, 3.8) is 0 Å². The molecule has 0 aromatic heterocycles. The standard InChI is InChI=1S/C8H20N2.2CHF3O3S/c1-9(2)5-7-10(3,4)8-6-9;2*2-1(3,4)8(5,6)7/h5-8H2,1-4H3;2*(H,5,6,7)/q+2;;/p-2. The quantitative estimate of drug-likeness (QED) is 0.230. The van der Waals surface area contributed by atoms with Crippen molar-refractivity contribution in [2.45, 2.75) is 11.0 Å². The first kappa shape index (κ1) is 27.5. The Morgan fingerprint density at radius 3 is 0.808 bits per heavy atom. The monoisotopic (exact) mass is 442 g/mol. The predicted molar refractivity (Wildman–Crippen MR) is 75.2 cm³/mol. The lowest BCUT2D eigenvalue weighted by Gasteiger charge is -2.42. The Labute approximate surface area is 147 Å². The Hall–Kier alpha value is -0.680. The minimum Gasteiger partial charge on any atom is -0.741 e. The summed E-state index contributed by atoms with van der Waals surface area (Å²) in [6, 6.07) is 0. The number of nitrogens with zero attached hydrogens (tertiary/aromatic N) is 2. The average Bonchev–Trinajstić information content (AvgIpc) is 2.30. The highest BCUT2D eigenvalue weighted by molar-refractivity contribution is 7.86. The van der Waals surface area contributed by atoms with Crippen molar-refractivity contribution in [2.75, 3.05) is 54.4 Å². The van der Waals surface area contributed by atoms with Crippen LogP contribution in [0, 0.1) is 0 Å². The van der Waals surface area contributed by atoms with Crippen LogP contribution in [-0.2, 0) is 20.2 Å². The van der Waals surface area contributed by atoms with Gasteiger partial charge in [0.1, 0.15) is 26.2 Å². The number of hydrogen-bond acceptors (Lipinski definition) is 6. The van der Waals surface area contributed by atoms with Crippen LogP contribution < -0.4 is 0 Å². The average molecular weight is 442 g/mol. The first-order valence-electron chi connectivity index (χ1n) is 6.60. The third kappa shape index (κ3) is 11.8. The molecule has 16 heteroatoms. The molecule has 1 heterocycles. The highest BCUT2D eigenvalue weighted by Gasteiger charge is 2.37. The molecule has 0 atom stereocenters. The zero-order valence-electron chi connectivity index (χ0n) is 14.3. The lowest BCUT2D eigenvalue weighted by atomic mass is 10.2. The van der Waals surface area contributed by atoms with E-state index >= 15 is 0 Å². The van der Waals surface area contributed by atoms with Gasteiger partial charge in [0, 0.05) is 0 Å². The lowest BCUT2D eigenvalue weighted by Crippen LogP contribution is -2.60. The van der Waals surface area contributed by atoms with Gasteiger partial charge in [-0.25, -0.2) is 16.8 Å². The second-order valence-electron chi connectivity index (χ2n) is 6.57. The summed E-state index contributed by atoms with van der Waals surface area (Å²) >= 11 is 0. The normalized spacial score (nSPS) is 20.2. The lowest BCUT2D eigenvalue weighted by molar-refractivity contribution is -0.998. The van der Waals surface area contributed by atoms with E-state index in [2.05, 4.69) is 28.2 Å². The predicted octanol–water partition coefficient (Wildman–Crippen LogP) is 0.256. The Kier molecular flexibility index (Phi) is 9.06. The molecular formula is C10H20F6N2O6S2. The summed E-state index contributed by atoms with van der Waals surface area (Å²) in [5.74, 6) is 0. The SMILES string of the molecule is C[N+]1(C)CC[N+](C)(C)CC1.O=S(=O)([O-])C(F)(F)F.O=S(=O)([O-])C(F)(F)F. The Balaban J connectivity index is 0. The van der Waals surface area contributed by atoms with Gasteiger partial charge in [-0.2, -0.15) is 26.3 Å². The summed E-state index contributed by atoms with van der Waals surface area (Å²) in [5.41, 5.74) is -11.3. The molecule has 0 saturated carbocycles. The number of alkyl halides is 6. The number of quaternary nitrogens is 2. The van der Waals surface area contributed by atoms with Gasteiger partial charge in [0.15, 0.2) is 20.2 Å². The summed E-state index contributed by atoms with van der Waals surface area (Å²) in [6.45, 7) is 5.31. The first-order valence-corrected chi connectivity index (χ1v) is 9.41. The van der Waals surface area contributed by atoms with Crippen LogP contribution in [0.25, 0.3) is 0 Å². The summed E-state index contributed by atoms with van der Waals surface area (Å²) in [4.78, 5) is 0. The van der Waals surface area contributed by atoms with Crippen molar-refractivity contribution in [3.8, 4) is 0 Å². The van der Waals surface area contributed by atoms with Gasteiger partial charge in [-0.05, 0) is 0 Å². The van der Waals surface area contributed by atoms with Crippen molar-refractivity contribution >= 4 is 20.2 Å². The molecule has 26 heavy (non-hydrogen) atoms. The molecule has 0 aromatic rings. The number of likely N-dealkylation sites (N-methyl/N-ethyl adjacent to an activating group) is 2. The smallest absolute Gasteiger partial charge is 0.485 e. The van der Waals surface area contributed by atoms with Gasteiger partial charge in [-0.1, -0.05) is 0 Å². The molecule has 0 unspecified atom stereocenters. The van der Waals surface area contributed by atoms with Crippen LogP contribution in [0.5, 0.6) is 0 Å². The van der Waals surface area contributed by atoms with E-state index in [0.717, 1.165) is 0 Å². The topological polar surface area (TPSA) is 114 Å². The summed E-state index contributed by atoms with van der Waals surface area (Å²) in [6.07, 6.45) is 0. The third-order valence-corrected chi connectivity index (χ3v) is 4.32. The molecule has 0 spiro atoms. The van der Waals surface area contributed by atoms with Crippen LogP contribution in [0.1, 0.15) is 0 Å². The third-order valence-electron chi connectivity index (χ3n) is 3.19. The Bertz CT molecular complexity index is 584. The molecule has 1 aliphatic rings. The molecule has 0 bridgehead atoms. The van der Waals surface area contributed by atoms with E-state index in [0.29, 0.717) is 0 Å². The second kappa shape index (κ2) is 8.55. The van der Waals surface area contributed by atoms with Crippen molar-refractivity contribution in [2.24, 2.45) is 0 Å². The van der Waals surface area contributed by atoms with E-state index in [-0.39, 0.29) is 0 Å². The summed E-state index contributed by atoms with van der Waals surface area (Å²) < 4.78 is 120. The Morgan fingerprint density at radius 1 is 0.615 bits per heavy atom. The van der Waals surface area contributed by atoms with Crippen LogP contribution in [-0.4, -0.2) is 100 Å². The molecule has 0 radical (unpaired) electrons. The van der Waals surface area contributed by atoms with Gasteiger partial charge < -0.3 is 18.1 Å². The summed E-state index contributed by atoms with van der Waals surface area (Å²) in [5, 5.41) is 0. The van der Waals surface area contributed by atoms with E-state index in [4.69, 9.17) is 25.9 Å². The maximum absolute atomic E-state index is 10.7. The molecule has 1 rings (SSSR count). The van der Waals surface area contributed by atoms with E-state index in [1.807, 2.05) is 0 Å². The van der Waals surface area contributed by atoms with E-state index < -0.39 is 31.3 Å². The number of piperazine rings is 1. The minimum absolute atomic E-state index is 1.21. The van der Waals surface area contributed by atoms with E-state index in [9.17, 15) is 26.3 Å². The molecule has 0 amide bonds. The minimum atomic E-state index is -6.09. The van der Waals surface area contributed by atoms with Crippen molar-refractivity contribution in [1.29, 1.82) is 0 Å². The van der Waals surface area contributed by atoms with Crippen LogP contribution in [0.3, 0.4) is 0 Å². The molecular weight excluding hydrogens is 422 g/mol. The highest BCUT2D eigenvalue weighted by atomic mass is 32.2. The van der Waals surface area contributed by atoms with Gasteiger partial charge in [0.25, 0.3) is 0 Å². The fraction of sp³-hybridized carbons (Fsp3) is 1.00. The Morgan fingerprint density at radius 2 is 0.731 bits per heavy atom. The molecule has 1 fully saturated rings. The van der Waals surface area contributed by atoms with Gasteiger partial charge in [0.05, 0.1) is 28.2 Å². The van der Waals surface area contributed by atoms with E-state index in [1.54, 1.807) is 0 Å². The van der Waals surface area contributed by atoms with Crippen LogP contribution in [0.2, 0.25) is 0 Å². The number of halogens is 6. The fourth-order valence-electron chi connectivity index (χ4n) is 1.31. The molecule has 8 nitrogen and oxygen atoms in total.